The molecule has 0 spiro atoms. The van der Waals surface area contributed by atoms with Gasteiger partial charge in [-0.25, -0.2) is 0 Å². The van der Waals surface area contributed by atoms with Crippen LogP contribution in [-0.4, -0.2) is 11.7 Å². The normalized spacial score (nSPS) is 12.6. The zero-order valence-corrected chi connectivity index (χ0v) is 10.3. The van der Waals surface area contributed by atoms with Crippen LogP contribution in [-0.2, 0) is 6.42 Å². The zero-order chi connectivity index (χ0) is 11.4. The van der Waals surface area contributed by atoms with Crippen LogP contribution in [0.4, 0.5) is 0 Å². The molecule has 0 aliphatic rings. The Hall–Kier alpha value is -0.830. The monoisotopic (exact) mass is 252 g/mol. The van der Waals surface area contributed by atoms with Gasteiger partial charge in [-0.2, -0.15) is 0 Å². The predicted molar refractivity (Wildman–Crippen MR) is 69.3 cm³/mol. The first-order chi connectivity index (χ1) is 7.79. The van der Waals surface area contributed by atoms with Crippen molar-refractivity contribution in [3.63, 3.8) is 0 Å². The molecule has 0 aliphatic carbocycles. The molecule has 1 atom stereocenters. The number of aliphatic hydroxyl groups excluding tert-OH is 1. The average Bonchev–Trinajstić information content (AvgIpc) is 2.73. The zero-order valence-electron chi connectivity index (χ0n) is 8.77. The van der Waals surface area contributed by atoms with E-state index in [0.29, 0.717) is 0 Å². The van der Waals surface area contributed by atoms with Gasteiger partial charge in [0.1, 0.15) is 0 Å². The molecule has 1 nitrogen and oxygen atoms in total. The van der Waals surface area contributed by atoms with E-state index < -0.39 is 0 Å². The van der Waals surface area contributed by atoms with Gasteiger partial charge >= 0.3 is 0 Å². The van der Waals surface area contributed by atoms with E-state index in [-0.39, 0.29) is 12.5 Å². The van der Waals surface area contributed by atoms with E-state index in [4.69, 9.17) is 11.6 Å². The largest absolute Gasteiger partial charge is 0.396 e. The first kappa shape index (κ1) is 11.6. The minimum Gasteiger partial charge on any atom is -0.396 e. The van der Waals surface area contributed by atoms with Crippen molar-refractivity contribution in [2.24, 2.45) is 0 Å². The number of hydrogen-bond donors (Lipinski definition) is 1. The van der Waals surface area contributed by atoms with Crippen LogP contribution in [0.3, 0.4) is 0 Å². The van der Waals surface area contributed by atoms with Crippen LogP contribution in [0.2, 0.25) is 4.34 Å². The Bertz CT molecular complexity index is 438. The van der Waals surface area contributed by atoms with Gasteiger partial charge in [0.15, 0.2) is 0 Å². The Morgan fingerprint density at radius 1 is 1.12 bits per heavy atom. The quantitative estimate of drug-likeness (QED) is 0.879. The summed E-state index contributed by atoms with van der Waals surface area (Å²) in [5.41, 5.74) is 1.18. The second-order valence-electron chi connectivity index (χ2n) is 3.70. The highest BCUT2D eigenvalue weighted by Crippen LogP contribution is 2.27. The van der Waals surface area contributed by atoms with Crippen LogP contribution < -0.4 is 0 Å². The third kappa shape index (κ3) is 2.85. The van der Waals surface area contributed by atoms with Crippen LogP contribution in [0, 0.1) is 0 Å². The standard InChI is InChI=1S/C13H13ClOS/c14-13-7-6-12(16-13)8-11(9-15)10-4-2-1-3-5-10/h1-7,11,15H,8-9H2. The molecular weight excluding hydrogens is 240 g/mol. The van der Waals surface area contributed by atoms with Crippen LogP contribution in [0.25, 0.3) is 0 Å². The minimum atomic E-state index is 0.163. The number of aliphatic hydroxyl groups is 1. The molecule has 2 aromatic rings. The second kappa shape index (κ2) is 5.48. The first-order valence-corrected chi connectivity index (χ1v) is 6.39. The molecule has 0 amide bonds. The maximum absolute atomic E-state index is 9.42. The minimum absolute atomic E-state index is 0.163. The molecule has 0 bridgehead atoms. The molecule has 0 fully saturated rings. The smallest absolute Gasteiger partial charge is 0.0931 e. The van der Waals surface area contributed by atoms with Gasteiger partial charge in [-0.15, -0.1) is 11.3 Å². The third-order valence-corrected chi connectivity index (χ3v) is 3.82. The summed E-state index contributed by atoms with van der Waals surface area (Å²) in [4.78, 5) is 1.22. The Labute approximate surface area is 104 Å². The van der Waals surface area contributed by atoms with Crippen molar-refractivity contribution in [3.05, 3.63) is 57.2 Å². The van der Waals surface area contributed by atoms with Crippen LogP contribution >= 0.6 is 22.9 Å². The van der Waals surface area contributed by atoms with Gasteiger partial charge in [0.25, 0.3) is 0 Å². The van der Waals surface area contributed by atoms with E-state index in [1.54, 1.807) is 11.3 Å². The Morgan fingerprint density at radius 2 is 1.88 bits per heavy atom. The number of thiophene rings is 1. The Balaban J connectivity index is 2.12. The van der Waals surface area contributed by atoms with E-state index in [1.807, 2.05) is 30.3 Å². The molecule has 84 valence electrons. The van der Waals surface area contributed by atoms with Gasteiger partial charge in [0.2, 0.25) is 0 Å². The Kier molecular flexibility index (Phi) is 3.99. The fraction of sp³-hybridized carbons (Fsp3) is 0.231. The van der Waals surface area contributed by atoms with Crippen molar-refractivity contribution in [2.75, 3.05) is 6.61 Å². The SMILES string of the molecule is OCC(Cc1ccc(Cl)s1)c1ccccc1. The third-order valence-electron chi connectivity index (χ3n) is 2.57. The molecule has 1 heterocycles. The maximum atomic E-state index is 9.42. The molecule has 0 saturated carbocycles. The van der Waals surface area contributed by atoms with Crippen molar-refractivity contribution >= 4 is 22.9 Å². The van der Waals surface area contributed by atoms with Gasteiger partial charge in [0.05, 0.1) is 10.9 Å². The van der Waals surface area contributed by atoms with E-state index >= 15 is 0 Å². The lowest BCUT2D eigenvalue weighted by Crippen LogP contribution is -2.06. The van der Waals surface area contributed by atoms with Gasteiger partial charge in [-0.1, -0.05) is 41.9 Å². The van der Waals surface area contributed by atoms with Gasteiger partial charge in [0, 0.05) is 10.8 Å². The molecule has 16 heavy (non-hydrogen) atoms. The molecule has 0 radical (unpaired) electrons. The molecule has 1 N–H and O–H groups in total. The maximum Gasteiger partial charge on any atom is 0.0931 e. The fourth-order valence-electron chi connectivity index (χ4n) is 1.72. The van der Waals surface area contributed by atoms with Crippen molar-refractivity contribution in [1.29, 1.82) is 0 Å². The lowest BCUT2D eigenvalue weighted by atomic mass is 9.96. The molecule has 1 aromatic heterocycles. The van der Waals surface area contributed by atoms with Crippen molar-refractivity contribution in [3.8, 4) is 0 Å². The highest BCUT2D eigenvalue weighted by Gasteiger charge is 2.12. The van der Waals surface area contributed by atoms with Gasteiger partial charge < -0.3 is 5.11 Å². The van der Waals surface area contributed by atoms with Crippen molar-refractivity contribution in [2.45, 2.75) is 12.3 Å². The number of hydrogen-bond acceptors (Lipinski definition) is 2. The molecule has 2 rings (SSSR count). The van der Waals surface area contributed by atoms with Crippen molar-refractivity contribution < 1.29 is 5.11 Å². The average molecular weight is 253 g/mol. The second-order valence-corrected chi connectivity index (χ2v) is 5.50. The molecule has 1 unspecified atom stereocenters. The van der Waals surface area contributed by atoms with E-state index in [2.05, 4.69) is 12.1 Å². The van der Waals surface area contributed by atoms with Crippen molar-refractivity contribution in [1.82, 2.24) is 0 Å². The number of benzene rings is 1. The highest BCUT2D eigenvalue weighted by atomic mass is 35.5. The highest BCUT2D eigenvalue weighted by molar-refractivity contribution is 7.16. The summed E-state index contributed by atoms with van der Waals surface area (Å²) in [5, 5.41) is 9.42. The summed E-state index contributed by atoms with van der Waals surface area (Å²) < 4.78 is 0.805. The summed E-state index contributed by atoms with van der Waals surface area (Å²) in [6.45, 7) is 0.166. The lowest BCUT2D eigenvalue weighted by Gasteiger charge is -2.13. The number of halogens is 1. The molecule has 1 aromatic carbocycles. The van der Waals surface area contributed by atoms with Gasteiger partial charge in [-0.05, 0) is 24.1 Å². The van der Waals surface area contributed by atoms with Crippen LogP contribution in [0.15, 0.2) is 42.5 Å². The molecular formula is C13H13ClOS. The first-order valence-electron chi connectivity index (χ1n) is 5.19. The van der Waals surface area contributed by atoms with Gasteiger partial charge in [-0.3, -0.25) is 0 Å². The van der Waals surface area contributed by atoms with Crippen LogP contribution in [0.1, 0.15) is 16.4 Å². The van der Waals surface area contributed by atoms with E-state index in [0.717, 1.165) is 10.8 Å². The van der Waals surface area contributed by atoms with Crippen LogP contribution in [0.5, 0.6) is 0 Å². The molecule has 3 heteroatoms. The summed E-state index contributed by atoms with van der Waals surface area (Å²) >= 11 is 7.47. The summed E-state index contributed by atoms with van der Waals surface area (Å²) in [6.07, 6.45) is 0.845. The molecule has 0 saturated heterocycles. The fourth-order valence-corrected chi connectivity index (χ4v) is 2.88. The Morgan fingerprint density at radius 3 is 2.44 bits per heavy atom. The predicted octanol–water partition coefficient (Wildman–Crippen LogP) is 3.72. The summed E-state index contributed by atoms with van der Waals surface area (Å²) in [7, 11) is 0. The summed E-state index contributed by atoms with van der Waals surface area (Å²) in [6, 6.07) is 14.0. The topological polar surface area (TPSA) is 20.2 Å². The molecule has 0 aliphatic heterocycles. The number of rotatable bonds is 4. The summed E-state index contributed by atoms with van der Waals surface area (Å²) in [5.74, 6) is 0.163. The lowest BCUT2D eigenvalue weighted by molar-refractivity contribution is 0.265. The van der Waals surface area contributed by atoms with E-state index in [1.165, 1.54) is 10.4 Å². The van der Waals surface area contributed by atoms with E-state index in [9.17, 15) is 5.11 Å².